The van der Waals surface area contributed by atoms with Crippen molar-refractivity contribution in [2.75, 3.05) is 7.05 Å². The summed E-state index contributed by atoms with van der Waals surface area (Å²) in [6.07, 6.45) is 5.16. The highest BCUT2D eigenvalue weighted by Gasteiger charge is 2.12. The molecule has 0 radical (unpaired) electrons. The topological polar surface area (TPSA) is 38.1 Å². The van der Waals surface area contributed by atoms with E-state index in [0.717, 1.165) is 11.3 Å². The van der Waals surface area contributed by atoms with Crippen LogP contribution in [-0.4, -0.2) is 12.0 Å². The predicted octanol–water partition coefficient (Wildman–Crippen LogP) is 2.32. The van der Waals surface area contributed by atoms with E-state index in [9.17, 15) is 4.39 Å². The van der Waals surface area contributed by atoms with Crippen LogP contribution in [0.4, 0.5) is 4.39 Å². The van der Waals surface area contributed by atoms with Crippen LogP contribution in [0, 0.1) is 5.82 Å². The minimum Gasteiger partial charge on any atom is -0.469 e. The number of hydrogen-bond acceptors (Lipinski definition) is 3. The van der Waals surface area contributed by atoms with Gasteiger partial charge in [-0.1, -0.05) is 0 Å². The Balaban J connectivity index is 2.16. The number of rotatable bonds is 4. The molecule has 0 aliphatic carbocycles. The van der Waals surface area contributed by atoms with Crippen molar-refractivity contribution in [1.82, 2.24) is 10.3 Å². The Labute approximate surface area is 93.3 Å². The van der Waals surface area contributed by atoms with Crippen molar-refractivity contribution in [2.45, 2.75) is 12.5 Å². The van der Waals surface area contributed by atoms with Gasteiger partial charge in [-0.15, -0.1) is 0 Å². The number of nitrogens with one attached hydrogen (secondary N) is 1. The smallest absolute Gasteiger partial charge is 0.141 e. The highest BCUT2D eigenvalue weighted by atomic mass is 19.1. The Morgan fingerprint density at radius 3 is 3.00 bits per heavy atom. The Morgan fingerprint density at radius 1 is 1.50 bits per heavy atom. The lowest BCUT2D eigenvalue weighted by atomic mass is 10.0. The fourth-order valence-corrected chi connectivity index (χ4v) is 1.64. The highest BCUT2D eigenvalue weighted by Crippen LogP contribution is 2.18. The molecule has 16 heavy (non-hydrogen) atoms. The largest absolute Gasteiger partial charge is 0.469 e. The molecule has 0 fully saturated rings. The fourth-order valence-electron chi connectivity index (χ4n) is 1.64. The summed E-state index contributed by atoms with van der Waals surface area (Å²) in [4.78, 5) is 3.84. The third kappa shape index (κ3) is 2.46. The summed E-state index contributed by atoms with van der Waals surface area (Å²) in [5.74, 6) is 0.542. The van der Waals surface area contributed by atoms with Crippen molar-refractivity contribution in [3.8, 4) is 0 Å². The van der Waals surface area contributed by atoms with E-state index in [4.69, 9.17) is 4.42 Å². The monoisotopic (exact) mass is 220 g/mol. The van der Waals surface area contributed by atoms with Crippen LogP contribution in [0.3, 0.4) is 0 Å². The lowest BCUT2D eigenvalue weighted by Crippen LogP contribution is -2.19. The maximum Gasteiger partial charge on any atom is 0.141 e. The minimum absolute atomic E-state index is 0.00866. The van der Waals surface area contributed by atoms with E-state index in [0.29, 0.717) is 6.42 Å². The van der Waals surface area contributed by atoms with Crippen LogP contribution in [0.1, 0.15) is 17.4 Å². The highest BCUT2D eigenvalue weighted by molar-refractivity contribution is 5.17. The molecule has 0 aliphatic heterocycles. The first-order valence-electron chi connectivity index (χ1n) is 5.09. The molecule has 4 heteroatoms. The van der Waals surface area contributed by atoms with Gasteiger partial charge in [-0.25, -0.2) is 4.39 Å². The van der Waals surface area contributed by atoms with E-state index in [1.165, 1.54) is 12.3 Å². The van der Waals surface area contributed by atoms with Crippen molar-refractivity contribution >= 4 is 0 Å². The predicted molar refractivity (Wildman–Crippen MR) is 58.4 cm³/mol. The standard InChI is InChI=1S/C12H13FN2O/c1-14-12(6-11-3-2-4-16-11)9-5-10(13)8-15-7-9/h2-5,7-8,12,14H,6H2,1H3. The lowest BCUT2D eigenvalue weighted by Gasteiger charge is -2.14. The molecule has 2 aromatic heterocycles. The van der Waals surface area contributed by atoms with Gasteiger partial charge in [0.15, 0.2) is 0 Å². The van der Waals surface area contributed by atoms with Crippen LogP contribution in [0.2, 0.25) is 0 Å². The zero-order valence-electron chi connectivity index (χ0n) is 8.98. The first-order chi connectivity index (χ1) is 7.79. The summed E-state index contributed by atoms with van der Waals surface area (Å²) >= 11 is 0. The molecule has 0 aromatic carbocycles. The average molecular weight is 220 g/mol. The van der Waals surface area contributed by atoms with Crippen LogP contribution >= 0.6 is 0 Å². The molecule has 0 saturated carbocycles. The van der Waals surface area contributed by atoms with Crippen molar-refractivity contribution in [1.29, 1.82) is 0 Å². The molecule has 2 rings (SSSR count). The van der Waals surface area contributed by atoms with E-state index in [2.05, 4.69) is 10.3 Å². The Bertz CT molecular complexity index is 442. The zero-order chi connectivity index (χ0) is 11.4. The molecule has 0 spiro atoms. The molecule has 0 aliphatic rings. The molecule has 2 heterocycles. The van der Waals surface area contributed by atoms with E-state index < -0.39 is 0 Å². The SMILES string of the molecule is CNC(Cc1ccco1)c1cncc(F)c1. The number of pyridine rings is 1. The Hall–Kier alpha value is -1.68. The first kappa shape index (κ1) is 10.8. The summed E-state index contributed by atoms with van der Waals surface area (Å²) in [6, 6.07) is 5.23. The molecule has 1 unspecified atom stereocenters. The van der Waals surface area contributed by atoms with Crippen molar-refractivity contribution in [2.24, 2.45) is 0 Å². The van der Waals surface area contributed by atoms with Gasteiger partial charge in [0.2, 0.25) is 0 Å². The molecule has 0 saturated heterocycles. The van der Waals surface area contributed by atoms with Gasteiger partial charge < -0.3 is 9.73 Å². The van der Waals surface area contributed by atoms with Gasteiger partial charge in [0.25, 0.3) is 0 Å². The molecule has 0 bridgehead atoms. The number of nitrogens with zero attached hydrogens (tertiary/aromatic N) is 1. The molecule has 84 valence electrons. The van der Waals surface area contributed by atoms with E-state index in [1.54, 1.807) is 12.5 Å². The van der Waals surface area contributed by atoms with Crippen LogP contribution in [0.15, 0.2) is 41.3 Å². The van der Waals surface area contributed by atoms with Gasteiger partial charge in [-0.2, -0.15) is 0 Å². The second-order valence-electron chi connectivity index (χ2n) is 3.56. The fraction of sp³-hybridized carbons (Fsp3) is 0.250. The van der Waals surface area contributed by atoms with E-state index >= 15 is 0 Å². The van der Waals surface area contributed by atoms with Gasteiger partial charge in [0.1, 0.15) is 11.6 Å². The van der Waals surface area contributed by atoms with E-state index in [1.807, 2.05) is 19.2 Å². The lowest BCUT2D eigenvalue weighted by molar-refractivity contribution is 0.464. The van der Waals surface area contributed by atoms with Gasteiger partial charge in [0, 0.05) is 18.7 Å². The van der Waals surface area contributed by atoms with Gasteiger partial charge >= 0.3 is 0 Å². The molecule has 0 amide bonds. The van der Waals surface area contributed by atoms with Crippen LogP contribution in [0.25, 0.3) is 0 Å². The molecular weight excluding hydrogens is 207 g/mol. The van der Waals surface area contributed by atoms with E-state index in [-0.39, 0.29) is 11.9 Å². The Kier molecular flexibility index (Phi) is 3.31. The molecule has 2 aromatic rings. The molecular formula is C12H13FN2O. The van der Waals surface area contributed by atoms with Crippen LogP contribution in [-0.2, 0) is 6.42 Å². The quantitative estimate of drug-likeness (QED) is 0.859. The van der Waals surface area contributed by atoms with Crippen molar-refractivity contribution in [3.63, 3.8) is 0 Å². The summed E-state index contributed by atoms with van der Waals surface area (Å²) in [6.45, 7) is 0. The summed E-state index contributed by atoms with van der Waals surface area (Å²) in [7, 11) is 1.83. The summed E-state index contributed by atoms with van der Waals surface area (Å²) < 4.78 is 18.3. The molecule has 1 N–H and O–H groups in total. The minimum atomic E-state index is -0.322. The number of halogens is 1. The second kappa shape index (κ2) is 4.90. The third-order valence-electron chi connectivity index (χ3n) is 2.46. The van der Waals surface area contributed by atoms with Crippen LogP contribution in [0.5, 0.6) is 0 Å². The molecule has 1 atom stereocenters. The number of hydrogen-bond donors (Lipinski definition) is 1. The van der Waals surface area contributed by atoms with Gasteiger partial charge in [0.05, 0.1) is 12.5 Å². The zero-order valence-corrected chi connectivity index (χ0v) is 8.98. The summed E-state index contributed by atoms with van der Waals surface area (Å²) in [5.41, 5.74) is 0.818. The first-order valence-corrected chi connectivity index (χ1v) is 5.09. The maximum absolute atomic E-state index is 13.0. The van der Waals surface area contributed by atoms with Gasteiger partial charge in [-0.3, -0.25) is 4.98 Å². The van der Waals surface area contributed by atoms with Crippen LogP contribution < -0.4 is 5.32 Å². The number of furan rings is 1. The number of likely N-dealkylation sites (N-methyl/N-ethyl adjacent to an activating group) is 1. The second-order valence-corrected chi connectivity index (χ2v) is 3.56. The summed E-state index contributed by atoms with van der Waals surface area (Å²) in [5, 5.41) is 3.12. The van der Waals surface area contributed by atoms with Crippen molar-refractivity contribution < 1.29 is 8.81 Å². The van der Waals surface area contributed by atoms with Gasteiger partial charge in [-0.05, 0) is 30.8 Å². The Morgan fingerprint density at radius 2 is 2.38 bits per heavy atom. The maximum atomic E-state index is 13.0. The van der Waals surface area contributed by atoms with Crippen molar-refractivity contribution in [3.05, 3.63) is 54.0 Å². The third-order valence-corrected chi connectivity index (χ3v) is 2.46. The molecule has 3 nitrogen and oxygen atoms in total. The normalized spacial score (nSPS) is 12.6. The average Bonchev–Trinajstić information content (AvgIpc) is 2.78. The number of aromatic nitrogens is 1.